The van der Waals surface area contributed by atoms with Gasteiger partial charge in [-0.05, 0) is 74.4 Å². The van der Waals surface area contributed by atoms with Gasteiger partial charge in [-0.2, -0.15) is 0 Å². The summed E-state index contributed by atoms with van der Waals surface area (Å²) in [5, 5.41) is 5.22. The second-order valence-corrected chi connectivity index (χ2v) is 8.46. The number of amides is 4. The Morgan fingerprint density at radius 1 is 1.12 bits per heavy atom. The van der Waals surface area contributed by atoms with Crippen LogP contribution in [0.2, 0.25) is 5.02 Å². The van der Waals surface area contributed by atoms with Crippen LogP contribution in [0.3, 0.4) is 0 Å². The molecule has 1 aliphatic heterocycles. The minimum Gasteiger partial charge on any atom is -0.325 e. The Bertz CT molecular complexity index is 1360. The highest BCUT2D eigenvalue weighted by Crippen LogP contribution is 2.26. The van der Waals surface area contributed by atoms with E-state index in [1.54, 1.807) is 30.3 Å². The number of rotatable bonds is 5. The molecule has 4 amide bonds. The molecule has 7 nitrogen and oxygen atoms in total. The van der Waals surface area contributed by atoms with E-state index in [4.69, 9.17) is 11.6 Å². The number of anilines is 1. The van der Waals surface area contributed by atoms with Crippen molar-refractivity contribution in [3.8, 4) is 5.69 Å². The second kappa shape index (κ2) is 9.15. The fourth-order valence-corrected chi connectivity index (χ4v) is 4.07. The van der Waals surface area contributed by atoms with Gasteiger partial charge in [0, 0.05) is 22.8 Å². The lowest BCUT2D eigenvalue weighted by Gasteiger charge is -2.12. The van der Waals surface area contributed by atoms with Crippen LogP contribution in [0.5, 0.6) is 0 Å². The van der Waals surface area contributed by atoms with E-state index in [1.165, 1.54) is 12.1 Å². The zero-order valence-corrected chi connectivity index (χ0v) is 19.5. The average molecular weight is 481 g/mol. The minimum absolute atomic E-state index is 0.00252. The van der Waals surface area contributed by atoms with Crippen LogP contribution >= 0.6 is 11.6 Å². The number of urea groups is 1. The maximum atomic E-state index is 13.6. The molecule has 174 valence electrons. The molecule has 0 unspecified atom stereocenters. The van der Waals surface area contributed by atoms with Gasteiger partial charge in [0.25, 0.3) is 5.91 Å². The van der Waals surface area contributed by atoms with Crippen molar-refractivity contribution < 1.29 is 18.8 Å². The molecular formula is C25H22ClFN4O3. The van der Waals surface area contributed by atoms with Crippen LogP contribution in [-0.2, 0) is 9.59 Å². The summed E-state index contributed by atoms with van der Waals surface area (Å²) in [6.07, 6.45) is 1.56. The lowest BCUT2D eigenvalue weighted by molar-refractivity contribution is -0.127. The fraction of sp³-hybridized carbons (Fsp3) is 0.160. The lowest BCUT2D eigenvalue weighted by Crippen LogP contribution is -2.38. The predicted octanol–water partition coefficient (Wildman–Crippen LogP) is 4.73. The highest BCUT2D eigenvalue weighted by atomic mass is 35.5. The zero-order valence-electron chi connectivity index (χ0n) is 18.8. The second-order valence-electron chi connectivity index (χ2n) is 8.06. The third kappa shape index (κ3) is 4.58. The number of carbonyl (C=O) groups is 3. The monoisotopic (exact) mass is 480 g/mol. The van der Waals surface area contributed by atoms with E-state index in [-0.39, 0.29) is 10.7 Å². The number of hydrogen-bond donors (Lipinski definition) is 2. The molecule has 4 rings (SSSR count). The third-order valence-corrected chi connectivity index (χ3v) is 5.79. The van der Waals surface area contributed by atoms with E-state index in [9.17, 15) is 18.8 Å². The Morgan fingerprint density at radius 3 is 2.59 bits per heavy atom. The van der Waals surface area contributed by atoms with Gasteiger partial charge in [-0.1, -0.05) is 23.7 Å². The summed E-state index contributed by atoms with van der Waals surface area (Å²) < 4.78 is 15.4. The van der Waals surface area contributed by atoms with Crippen LogP contribution in [0, 0.1) is 26.6 Å². The van der Waals surface area contributed by atoms with Gasteiger partial charge in [-0.3, -0.25) is 9.59 Å². The largest absolute Gasteiger partial charge is 0.329 e. The van der Waals surface area contributed by atoms with Crippen molar-refractivity contribution in [2.24, 2.45) is 0 Å². The first-order valence-corrected chi connectivity index (χ1v) is 10.9. The van der Waals surface area contributed by atoms with Crippen LogP contribution in [0.25, 0.3) is 11.8 Å². The maximum absolute atomic E-state index is 13.6. The molecule has 2 aromatic carbocycles. The number of imide groups is 1. The molecule has 34 heavy (non-hydrogen) atoms. The van der Waals surface area contributed by atoms with Gasteiger partial charge in [0.2, 0.25) is 5.91 Å². The van der Waals surface area contributed by atoms with Gasteiger partial charge in [-0.25, -0.2) is 14.1 Å². The highest BCUT2D eigenvalue weighted by molar-refractivity contribution is 6.30. The fourth-order valence-electron chi connectivity index (χ4n) is 3.89. The van der Waals surface area contributed by atoms with Crippen LogP contribution in [0.4, 0.5) is 14.9 Å². The van der Waals surface area contributed by atoms with Crippen molar-refractivity contribution in [3.63, 3.8) is 0 Å². The Labute approximate surface area is 200 Å². The van der Waals surface area contributed by atoms with E-state index < -0.39 is 30.2 Å². The molecule has 0 spiro atoms. The summed E-state index contributed by atoms with van der Waals surface area (Å²) in [6.45, 7) is 5.18. The summed E-state index contributed by atoms with van der Waals surface area (Å²) >= 11 is 5.93. The summed E-state index contributed by atoms with van der Waals surface area (Å²) in [5.41, 5.74) is 4.57. The number of aryl methyl sites for hydroxylation is 2. The van der Waals surface area contributed by atoms with E-state index in [1.807, 2.05) is 37.5 Å². The van der Waals surface area contributed by atoms with Gasteiger partial charge in [-0.15, -0.1) is 0 Å². The van der Waals surface area contributed by atoms with Crippen LogP contribution in [0.1, 0.15) is 22.5 Å². The van der Waals surface area contributed by atoms with Crippen LogP contribution < -0.4 is 10.6 Å². The van der Waals surface area contributed by atoms with E-state index in [0.29, 0.717) is 16.9 Å². The Kier molecular flexibility index (Phi) is 6.26. The molecule has 0 radical (unpaired) electrons. The highest BCUT2D eigenvalue weighted by Gasteiger charge is 2.35. The van der Waals surface area contributed by atoms with Gasteiger partial charge < -0.3 is 15.2 Å². The van der Waals surface area contributed by atoms with Crippen molar-refractivity contribution in [1.82, 2.24) is 14.8 Å². The van der Waals surface area contributed by atoms with Gasteiger partial charge >= 0.3 is 6.03 Å². The number of aromatic nitrogens is 1. The molecule has 0 saturated carbocycles. The molecule has 1 saturated heterocycles. The molecule has 2 heterocycles. The normalized spacial score (nSPS) is 14.6. The molecule has 1 aliphatic rings. The first kappa shape index (κ1) is 23.3. The Morgan fingerprint density at radius 2 is 1.88 bits per heavy atom. The number of nitrogens with zero attached hydrogens (tertiary/aromatic N) is 2. The average Bonchev–Trinajstić information content (AvgIpc) is 3.19. The molecule has 2 N–H and O–H groups in total. The first-order valence-electron chi connectivity index (χ1n) is 10.5. The number of hydrogen-bond acceptors (Lipinski definition) is 3. The number of benzene rings is 2. The molecule has 0 aliphatic carbocycles. The molecule has 0 atom stereocenters. The minimum atomic E-state index is -0.672. The van der Waals surface area contributed by atoms with Crippen molar-refractivity contribution in [3.05, 3.63) is 87.6 Å². The summed E-state index contributed by atoms with van der Waals surface area (Å²) in [6, 6.07) is 12.8. The van der Waals surface area contributed by atoms with Crippen molar-refractivity contribution in [2.75, 3.05) is 11.9 Å². The molecule has 3 aromatic rings. The standard InChI is InChI=1S/C25H22ClFN4O3/c1-14-5-4-6-18(9-14)28-23(32)13-30-24(33)22(29-25(30)34)11-17-10-15(2)31(16(17)3)19-7-8-21(27)20(26)12-19/h4-12H,13H2,1-3H3,(H,28,32)(H,29,34)/b22-11-. The van der Waals surface area contributed by atoms with Gasteiger partial charge in [0.15, 0.2) is 0 Å². The molecule has 1 aromatic heterocycles. The van der Waals surface area contributed by atoms with E-state index >= 15 is 0 Å². The Hall–Kier alpha value is -3.91. The van der Waals surface area contributed by atoms with Crippen molar-refractivity contribution >= 4 is 41.2 Å². The SMILES string of the molecule is Cc1cccc(NC(=O)CN2C(=O)N/C(=C\c3cc(C)n(-c4ccc(F)c(Cl)c4)c3C)C2=O)c1. The quantitative estimate of drug-likeness (QED) is 0.409. The van der Waals surface area contributed by atoms with E-state index in [0.717, 1.165) is 21.9 Å². The summed E-state index contributed by atoms with van der Waals surface area (Å²) in [5.74, 6) is -1.60. The molecular weight excluding hydrogens is 459 g/mol. The van der Waals surface area contributed by atoms with Crippen LogP contribution in [0.15, 0.2) is 54.2 Å². The van der Waals surface area contributed by atoms with E-state index in [2.05, 4.69) is 10.6 Å². The summed E-state index contributed by atoms with van der Waals surface area (Å²) in [4.78, 5) is 38.5. The van der Waals surface area contributed by atoms with Crippen molar-refractivity contribution in [1.29, 1.82) is 0 Å². The topological polar surface area (TPSA) is 83.4 Å². The Balaban J connectivity index is 1.54. The number of nitrogens with one attached hydrogen (secondary N) is 2. The molecule has 1 fully saturated rings. The number of carbonyl (C=O) groups excluding carboxylic acids is 3. The number of halogens is 2. The van der Waals surface area contributed by atoms with Gasteiger partial charge in [0.05, 0.1) is 5.02 Å². The predicted molar refractivity (Wildman–Crippen MR) is 128 cm³/mol. The molecule has 0 bridgehead atoms. The van der Waals surface area contributed by atoms with Crippen molar-refractivity contribution in [2.45, 2.75) is 20.8 Å². The third-order valence-electron chi connectivity index (χ3n) is 5.50. The summed E-state index contributed by atoms with van der Waals surface area (Å²) in [7, 11) is 0. The first-order chi connectivity index (χ1) is 16.1. The smallest absolute Gasteiger partial charge is 0.325 e. The molecule has 9 heteroatoms. The van der Waals surface area contributed by atoms with Crippen LogP contribution in [-0.4, -0.2) is 33.9 Å². The van der Waals surface area contributed by atoms with Gasteiger partial charge in [0.1, 0.15) is 18.1 Å². The zero-order chi connectivity index (χ0) is 24.6. The maximum Gasteiger partial charge on any atom is 0.329 e. The lowest BCUT2D eigenvalue weighted by atomic mass is 10.2.